The van der Waals surface area contributed by atoms with E-state index in [1.54, 1.807) is 36.6 Å². The van der Waals surface area contributed by atoms with Crippen LogP contribution in [0.4, 0.5) is 4.39 Å². The van der Waals surface area contributed by atoms with Crippen LogP contribution < -0.4 is 19.6 Å². The molecule has 2 aromatic carbocycles. The third-order valence-corrected chi connectivity index (χ3v) is 9.49. The fourth-order valence-electron chi connectivity index (χ4n) is 4.22. The molecule has 0 amide bonds. The molecule has 1 aliphatic heterocycles. The van der Waals surface area contributed by atoms with Gasteiger partial charge in [-0.3, -0.25) is 9.36 Å². The van der Waals surface area contributed by atoms with Gasteiger partial charge in [-0.1, -0.05) is 35.6 Å². The maximum atomic E-state index is 14.0. The third-order valence-electron chi connectivity index (χ3n) is 5.98. The van der Waals surface area contributed by atoms with E-state index in [4.69, 9.17) is 9.47 Å². The average molecular weight is 786 g/mol. The molecule has 0 N–H and O–H groups in total. The fourth-order valence-corrected chi connectivity index (χ4v) is 8.22. The van der Waals surface area contributed by atoms with E-state index in [1.807, 2.05) is 35.7 Å². The van der Waals surface area contributed by atoms with Crippen LogP contribution in [0.5, 0.6) is 5.75 Å². The molecule has 1 atom stereocenters. The van der Waals surface area contributed by atoms with Gasteiger partial charge in [-0.15, -0.1) is 11.3 Å². The molecule has 4 aromatic rings. The van der Waals surface area contributed by atoms with E-state index in [1.165, 1.54) is 28.7 Å². The summed E-state index contributed by atoms with van der Waals surface area (Å²) in [6.45, 7) is 3.87. The summed E-state index contributed by atoms with van der Waals surface area (Å²) in [5.41, 5.74) is 1.99. The first kappa shape index (κ1) is 28.2. The van der Waals surface area contributed by atoms with Crippen molar-refractivity contribution in [3.8, 4) is 5.75 Å². The number of aromatic nitrogens is 1. The predicted molar refractivity (Wildman–Crippen MR) is 167 cm³/mol. The minimum absolute atomic E-state index is 0.113. The third kappa shape index (κ3) is 5.77. The predicted octanol–water partition coefficient (Wildman–Crippen LogP) is 5.79. The number of fused-ring (bicyclic) bond motifs is 1. The van der Waals surface area contributed by atoms with Crippen LogP contribution in [-0.4, -0.2) is 17.1 Å². The standard InChI is InChI=1S/C28H21FI2N2O4S2/c1-3-36-27(35)23-15(2)32-28-33(24(23)21-9-6-10-38-21)26(34)22(39-28)13-16-11-19(30)25(20(31)12-16)37-14-17-7-4-5-8-18(17)29/h4-13,24H,3,14H2,1-2H3/b22-13-/t24-/m0/s1. The molecular formula is C28H21FI2N2O4S2. The van der Waals surface area contributed by atoms with E-state index in [-0.39, 0.29) is 24.6 Å². The molecule has 6 nitrogen and oxygen atoms in total. The molecule has 2 aromatic heterocycles. The van der Waals surface area contributed by atoms with Crippen molar-refractivity contribution in [2.75, 3.05) is 6.61 Å². The van der Waals surface area contributed by atoms with Crippen LogP contribution in [0.15, 0.2) is 75.0 Å². The number of carbonyl (C=O) groups is 1. The van der Waals surface area contributed by atoms with E-state index >= 15 is 0 Å². The summed E-state index contributed by atoms with van der Waals surface area (Å²) < 4.78 is 29.1. The summed E-state index contributed by atoms with van der Waals surface area (Å²) in [6.07, 6.45) is 1.82. The largest absolute Gasteiger partial charge is 0.487 e. The van der Waals surface area contributed by atoms with E-state index in [0.717, 1.165) is 17.6 Å². The molecular weight excluding hydrogens is 765 g/mol. The number of benzene rings is 2. The molecule has 0 unspecified atom stereocenters. The van der Waals surface area contributed by atoms with Gasteiger partial charge in [0.25, 0.3) is 5.56 Å². The number of allylic oxidation sites excluding steroid dienone is 1. The van der Waals surface area contributed by atoms with Crippen molar-refractivity contribution in [3.63, 3.8) is 0 Å². The van der Waals surface area contributed by atoms with Gasteiger partial charge in [-0.05, 0) is 100 Å². The Kier molecular flexibility index (Phi) is 8.69. The van der Waals surface area contributed by atoms with Crippen molar-refractivity contribution < 1.29 is 18.7 Å². The van der Waals surface area contributed by atoms with Gasteiger partial charge in [0.1, 0.15) is 24.2 Å². The van der Waals surface area contributed by atoms with E-state index in [0.29, 0.717) is 31.9 Å². The van der Waals surface area contributed by atoms with Crippen LogP contribution in [-0.2, 0) is 16.1 Å². The van der Waals surface area contributed by atoms with Gasteiger partial charge >= 0.3 is 5.97 Å². The van der Waals surface area contributed by atoms with Crippen LogP contribution in [0.25, 0.3) is 6.08 Å². The Bertz CT molecular complexity index is 1750. The quantitative estimate of drug-likeness (QED) is 0.176. The van der Waals surface area contributed by atoms with Gasteiger partial charge < -0.3 is 9.47 Å². The second kappa shape index (κ2) is 12.0. The van der Waals surface area contributed by atoms with Gasteiger partial charge in [-0.2, -0.15) is 0 Å². The Morgan fingerprint density at radius 2 is 1.92 bits per heavy atom. The fraction of sp³-hybridized carbons (Fsp3) is 0.179. The highest BCUT2D eigenvalue weighted by molar-refractivity contribution is 14.1. The zero-order valence-corrected chi connectivity index (χ0v) is 26.7. The lowest BCUT2D eigenvalue weighted by atomic mass is 10.0. The molecule has 0 aliphatic carbocycles. The maximum absolute atomic E-state index is 14.0. The van der Waals surface area contributed by atoms with Crippen LogP contribution in [0.2, 0.25) is 0 Å². The normalized spacial score (nSPS) is 15.2. The van der Waals surface area contributed by atoms with Crippen LogP contribution >= 0.6 is 67.9 Å². The molecule has 11 heteroatoms. The van der Waals surface area contributed by atoms with Crippen molar-refractivity contribution in [3.05, 3.63) is 114 Å². The Balaban J connectivity index is 1.54. The first-order valence-electron chi connectivity index (χ1n) is 11.9. The number of thiophene rings is 1. The van der Waals surface area contributed by atoms with Crippen molar-refractivity contribution in [2.45, 2.75) is 26.5 Å². The summed E-state index contributed by atoms with van der Waals surface area (Å²) in [5, 5.41) is 1.92. The molecule has 39 heavy (non-hydrogen) atoms. The summed E-state index contributed by atoms with van der Waals surface area (Å²) in [4.78, 5) is 32.7. The number of carbonyl (C=O) groups excluding carboxylic acids is 1. The number of esters is 1. The smallest absolute Gasteiger partial charge is 0.338 e. The van der Waals surface area contributed by atoms with Crippen molar-refractivity contribution in [1.82, 2.24) is 4.57 Å². The highest BCUT2D eigenvalue weighted by Crippen LogP contribution is 2.33. The number of halogens is 3. The first-order chi connectivity index (χ1) is 18.8. The highest BCUT2D eigenvalue weighted by Gasteiger charge is 2.33. The van der Waals surface area contributed by atoms with E-state index in [9.17, 15) is 14.0 Å². The van der Waals surface area contributed by atoms with Gasteiger partial charge in [0.15, 0.2) is 4.80 Å². The number of thiazole rings is 1. The molecule has 0 saturated carbocycles. The second-order valence-electron chi connectivity index (χ2n) is 8.51. The van der Waals surface area contributed by atoms with Crippen molar-refractivity contribution in [2.24, 2.45) is 4.99 Å². The number of nitrogens with zero attached hydrogens (tertiary/aromatic N) is 2. The lowest BCUT2D eigenvalue weighted by molar-refractivity contribution is -0.139. The maximum Gasteiger partial charge on any atom is 0.338 e. The summed E-state index contributed by atoms with van der Waals surface area (Å²) in [6, 6.07) is 13.6. The molecule has 0 spiro atoms. The monoisotopic (exact) mass is 786 g/mol. The topological polar surface area (TPSA) is 69.9 Å². The minimum atomic E-state index is -0.600. The summed E-state index contributed by atoms with van der Waals surface area (Å²) in [7, 11) is 0. The Hall–Kier alpha value is -2.36. The van der Waals surface area contributed by atoms with Crippen molar-refractivity contribution >= 4 is 79.9 Å². The lowest BCUT2D eigenvalue weighted by Crippen LogP contribution is -2.39. The van der Waals surface area contributed by atoms with Gasteiger partial charge in [0, 0.05) is 10.4 Å². The molecule has 5 rings (SSSR count). The zero-order valence-electron chi connectivity index (χ0n) is 20.7. The summed E-state index contributed by atoms with van der Waals surface area (Å²) in [5.74, 6) is -0.122. The van der Waals surface area contributed by atoms with E-state index < -0.39 is 12.0 Å². The Labute approximate surface area is 258 Å². The molecule has 0 radical (unpaired) electrons. The van der Waals surface area contributed by atoms with Crippen LogP contribution in [0, 0.1) is 13.0 Å². The molecule has 0 bridgehead atoms. The van der Waals surface area contributed by atoms with Gasteiger partial charge in [0.2, 0.25) is 0 Å². The number of ether oxygens (including phenoxy) is 2. The average Bonchev–Trinajstić information content (AvgIpc) is 3.52. The number of rotatable bonds is 7. The first-order valence-corrected chi connectivity index (χ1v) is 15.7. The lowest BCUT2D eigenvalue weighted by Gasteiger charge is -2.23. The molecule has 3 heterocycles. The highest BCUT2D eigenvalue weighted by atomic mass is 127. The van der Waals surface area contributed by atoms with Crippen LogP contribution in [0.3, 0.4) is 0 Å². The summed E-state index contributed by atoms with van der Waals surface area (Å²) >= 11 is 7.13. The number of hydrogen-bond acceptors (Lipinski definition) is 7. The van der Waals surface area contributed by atoms with Gasteiger partial charge in [-0.25, -0.2) is 14.2 Å². The Morgan fingerprint density at radius 1 is 1.18 bits per heavy atom. The zero-order chi connectivity index (χ0) is 27.7. The minimum Gasteiger partial charge on any atom is -0.487 e. The second-order valence-corrected chi connectivity index (χ2v) is 12.8. The molecule has 0 fully saturated rings. The molecule has 1 aliphatic rings. The van der Waals surface area contributed by atoms with Crippen molar-refractivity contribution in [1.29, 1.82) is 0 Å². The van der Waals surface area contributed by atoms with Crippen LogP contribution in [0.1, 0.15) is 35.9 Å². The number of hydrogen-bond donors (Lipinski definition) is 0. The SMILES string of the molecule is CCOC(=O)C1=C(C)N=c2s/c(=C\c3cc(I)c(OCc4ccccc4F)c(I)c3)c(=O)n2[C@H]1c1cccs1. The molecule has 200 valence electrons. The Morgan fingerprint density at radius 3 is 2.59 bits per heavy atom. The molecule has 0 saturated heterocycles. The van der Waals surface area contributed by atoms with Gasteiger partial charge in [0.05, 0.1) is 29.5 Å². The van der Waals surface area contributed by atoms with E-state index in [2.05, 4.69) is 50.2 Å².